The third-order valence-electron chi connectivity index (χ3n) is 3.24. The molecule has 0 saturated carbocycles. The molecule has 1 aliphatic rings. The van der Waals surface area contributed by atoms with Gasteiger partial charge in [0.15, 0.2) is 0 Å². The van der Waals surface area contributed by atoms with Crippen LogP contribution < -0.4 is 10.5 Å². The number of nitrogens with one attached hydrogen (secondary N) is 1. The van der Waals surface area contributed by atoms with E-state index in [1.807, 2.05) is 13.8 Å². The first-order valence-corrected chi connectivity index (χ1v) is 7.87. The van der Waals surface area contributed by atoms with Gasteiger partial charge in [-0.05, 0) is 12.3 Å². The molecule has 7 heteroatoms. The molecule has 1 fully saturated rings. The van der Waals surface area contributed by atoms with Crippen molar-refractivity contribution in [2.75, 3.05) is 19.6 Å². The van der Waals surface area contributed by atoms with Gasteiger partial charge in [0.1, 0.15) is 0 Å². The Hall–Kier alpha value is -0.660. The topological polar surface area (TPSA) is 92.5 Å². The summed E-state index contributed by atoms with van der Waals surface area (Å²) in [4.78, 5) is 13.6. The Kier molecular flexibility index (Phi) is 5.12. The fourth-order valence-corrected chi connectivity index (χ4v) is 3.43. The maximum atomic E-state index is 12.0. The smallest absolute Gasteiger partial charge is 0.239 e. The first-order valence-electron chi connectivity index (χ1n) is 6.32. The van der Waals surface area contributed by atoms with Crippen LogP contribution in [0.5, 0.6) is 0 Å². The van der Waals surface area contributed by atoms with Crippen LogP contribution in [-0.4, -0.2) is 50.2 Å². The summed E-state index contributed by atoms with van der Waals surface area (Å²) in [7, 11) is -3.31. The zero-order chi connectivity index (χ0) is 13.9. The first-order chi connectivity index (χ1) is 8.29. The minimum atomic E-state index is -3.31. The summed E-state index contributed by atoms with van der Waals surface area (Å²) < 4.78 is 26.1. The normalized spacial score (nSPS) is 22.5. The van der Waals surface area contributed by atoms with Gasteiger partial charge < -0.3 is 10.6 Å². The van der Waals surface area contributed by atoms with Gasteiger partial charge in [0.2, 0.25) is 15.9 Å². The van der Waals surface area contributed by atoms with Crippen molar-refractivity contribution < 1.29 is 13.2 Å². The van der Waals surface area contributed by atoms with Crippen LogP contribution in [0.1, 0.15) is 27.2 Å². The number of hydrogen-bond acceptors (Lipinski definition) is 4. The second-order valence-electron chi connectivity index (χ2n) is 5.01. The van der Waals surface area contributed by atoms with E-state index in [1.54, 1.807) is 11.8 Å². The summed E-state index contributed by atoms with van der Waals surface area (Å²) in [5, 5.41) is -0.513. The van der Waals surface area contributed by atoms with Crippen molar-refractivity contribution in [2.45, 2.75) is 38.5 Å². The van der Waals surface area contributed by atoms with Gasteiger partial charge in [-0.3, -0.25) is 4.79 Å². The predicted octanol–water partition coefficient (Wildman–Crippen LogP) is -0.490. The molecule has 18 heavy (non-hydrogen) atoms. The number of carbonyl (C=O) groups is 1. The van der Waals surface area contributed by atoms with Gasteiger partial charge >= 0.3 is 0 Å². The summed E-state index contributed by atoms with van der Waals surface area (Å²) in [6.45, 7) is 6.59. The molecule has 1 rings (SSSR count). The average Bonchev–Trinajstić information content (AvgIpc) is 2.76. The van der Waals surface area contributed by atoms with E-state index in [1.165, 1.54) is 0 Å². The number of likely N-dealkylation sites (tertiary alicyclic amines) is 1. The summed E-state index contributed by atoms with van der Waals surface area (Å²) in [6.07, 6.45) is 0.478. The molecule has 6 nitrogen and oxygen atoms in total. The molecular weight excluding hydrogens is 254 g/mol. The Morgan fingerprint density at radius 2 is 2.11 bits per heavy atom. The van der Waals surface area contributed by atoms with Crippen LogP contribution in [0.15, 0.2) is 0 Å². The van der Waals surface area contributed by atoms with Crippen LogP contribution in [-0.2, 0) is 14.8 Å². The molecule has 0 aliphatic carbocycles. The van der Waals surface area contributed by atoms with Crippen LogP contribution in [0.25, 0.3) is 0 Å². The summed E-state index contributed by atoms with van der Waals surface area (Å²) in [6, 6.07) is -0.550. The van der Waals surface area contributed by atoms with Gasteiger partial charge in [0.05, 0.1) is 11.3 Å². The monoisotopic (exact) mass is 277 g/mol. The van der Waals surface area contributed by atoms with Gasteiger partial charge in [-0.15, -0.1) is 0 Å². The van der Waals surface area contributed by atoms with Gasteiger partial charge in [0, 0.05) is 19.6 Å². The molecule has 0 aromatic rings. The van der Waals surface area contributed by atoms with E-state index in [9.17, 15) is 13.2 Å². The molecule has 0 spiro atoms. The second kappa shape index (κ2) is 5.99. The predicted molar refractivity (Wildman–Crippen MR) is 70.4 cm³/mol. The first kappa shape index (κ1) is 15.4. The number of nitrogens with two attached hydrogens (primary N) is 1. The Balaban J connectivity index is 2.64. The number of hydrogen-bond donors (Lipinski definition) is 2. The molecule has 1 heterocycles. The van der Waals surface area contributed by atoms with Crippen LogP contribution in [0.4, 0.5) is 0 Å². The molecule has 0 bridgehead atoms. The highest BCUT2D eigenvalue weighted by molar-refractivity contribution is 7.90. The number of rotatable bonds is 5. The Morgan fingerprint density at radius 3 is 2.61 bits per heavy atom. The minimum Gasteiger partial charge on any atom is -0.340 e. The van der Waals surface area contributed by atoms with Gasteiger partial charge in [-0.1, -0.05) is 20.8 Å². The number of amides is 1. The SMILES string of the molecule is CCNS(=O)(=O)C1CCN(C(=O)[C@@H](N)C(C)C)C1. The Morgan fingerprint density at radius 1 is 1.50 bits per heavy atom. The maximum absolute atomic E-state index is 12.0. The molecule has 0 radical (unpaired) electrons. The lowest BCUT2D eigenvalue weighted by atomic mass is 10.0. The Bertz CT molecular complexity index is 394. The zero-order valence-corrected chi connectivity index (χ0v) is 12.0. The van der Waals surface area contributed by atoms with Crippen molar-refractivity contribution in [1.82, 2.24) is 9.62 Å². The number of carbonyl (C=O) groups excluding carboxylic acids is 1. The minimum absolute atomic E-state index is 0.0573. The van der Waals surface area contributed by atoms with E-state index in [0.29, 0.717) is 19.5 Å². The third-order valence-corrected chi connectivity index (χ3v) is 5.20. The molecular formula is C11H23N3O3S. The van der Waals surface area contributed by atoms with E-state index < -0.39 is 21.3 Å². The van der Waals surface area contributed by atoms with Crippen molar-refractivity contribution in [3.63, 3.8) is 0 Å². The lowest BCUT2D eigenvalue weighted by Crippen LogP contribution is -2.46. The maximum Gasteiger partial charge on any atom is 0.239 e. The standard InChI is InChI=1S/C11H23N3O3S/c1-4-13-18(16,17)9-5-6-14(7-9)11(15)10(12)8(2)3/h8-10,13H,4-7,12H2,1-3H3/t9?,10-/m0/s1. The van der Waals surface area contributed by atoms with Crippen molar-refractivity contribution in [1.29, 1.82) is 0 Å². The third kappa shape index (κ3) is 3.43. The van der Waals surface area contributed by atoms with E-state index in [4.69, 9.17) is 5.73 Å². The molecule has 1 aliphatic heterocycles. The molecule has 2 atom stereocenters. The highest BCUT2D eigenvalue weighted by atomic mass is 32.2. The molecule has 1 unspecified atom stereocenters. The fraction of sp³-hybridized carbons (Fsp3) is 0.909. The lowest BCUT2D eigenvalue weighted by molar-refractivity contribution is -0.132. The molecule has 0 aromatic carbocycles. The van der Waals surface area contributed by atoms with Crippen molar-refractivity contribution in [3.8, 4) is 0 Å². The molecule has 0 aromatic heterocycles. The van der Waals surface area contributed by atoms with E-state index in [2.05, 4.69) is 4.72 Å². The summed E-state index contributed by atoms with van der Waals surface area (Å²) >= 11 is 0. The van der Waals surface area contributed by atoms with Gasteiger partial charge in [-0.25, -0.2) is 13.1 Å². The highest BCUT2D eigenvalue weighted by Gasteiger charge is 2.36. The average molecular weight is 277 g/mol. The van der Waals surface area contributed by atoms with Crippen molar-refractivity contribution in [2.24, 2.45) is 11.7 Å². The number of sulfonamides is 1. The lowest BCUT2D eigenvalue weighted by Gasteiger charge is -2.23. The summed E-state index contributed by atoms with van der Waals surface area (Å²) in [5.41, 5.74) is 5.80. The van der Waals surface area contributed by atoms with Crippen LogP contribution in [0, 0.1) is 5.92 Å². The second-order valence-corrected chi connectivity index (χ2v) is 7.05. The molecule has 1 saturated heterocycles. The Labute approximate surface area is 109 Å². The fourth-order valence-electron chi connectivity index (χ4n) is 2.00. The van der Waals surface area contributed by atoms with Gasteiger partial charge in [0.25, 0.3) is 0 Å². The largest absolute Gasteiger partial charge is 0.340 e. The van der Waals surface area contributed by atoms with Gasteiger partial charge in [-0.2, -0.15) is 0 Å². The van der Waals surface area contributed by atoms with E-state index in [0.717, 1.165) is 0 Å². The van der Waals surface area contributed by atoms with E-state index >= 15 is 0 Å². The number of nitrogens with zero attached hydrogens (tertiary/aromatic N) is 1. The van der Waals surface area contributed by atoms with Crippen molar-refractivity contribution in [3.05, 3.63) is 0 Å². The quantitative estimate of drug-likeness (QED) is 0.709. The van der Waals surface area contributed by atoms with Crippen molar-refractivity contribution >= 4 is 15.9 Å². The van der Waals surface area contributed by atoms with Crippen LogP contribution in [0.3, 0.4) is 0 Å². The molecule has 106 valence electrons. The molecule has 1 amide bonds. The van der Waals surface area contributed by atoms with Crippen LogP contribution in [0.2, 0.25) is 0 Å². The zero-order valence-electron chi connectivity index (χ0n) is 11.2. The van der Waals surface area contributed by atoms with Crippen LogP contribution >= 0.6 is 0 Å². The van der Waals surface area contributed by atoms with E-state index in [-0.39, 0.29) is 18.4 Å². The molecule has 3 N–H and O–H groups in total. The summed E-state index contributed by atoms with van der Waals surface area (Å²) in [5.74, 6) is -0.0962. The highest BCUT2D eigenvalue weighted by Crippen LogP contribution is 2.18.